The molecule has 2 atom stereocenters. The molecule has 0 fully saturated rings. The monoisotopic (exact) mass is 219 g/mol. The second-order valence-corrected chi connectivity index (χ2v) is 4.72. The number of rotatable bonds is 3. The van der Waals surface area contributed by atoms with E-state index in [2.05, 4.69) is 25.1 Å². The fourth-order valence-corrected chi connectivity index (χ4v) is 2.75. The lowest BCUT2D eigenvalue weighted by Gasteiger charge is -2.31. The van der Waals surface area contributed by atoms with E-state index in [9.17, 15) is 0 Å². The number of nitrogens with two attached hydrogens (primary N) is 1. The maximum atomic E-state index is 6.23. The van der Waals surface area contributed by atoms with E-state index in [1.807, 2.05) is 0 Å². The normalized spacial score (nSPS) is 23.9. The van der Waals surface area contributed by atoms with Gasteiger partial charge in [0.15, 0.2) is 0 Å². The molecule has 0 bridgehead atoms. The molecule has 2 heteroatoms. The molecule has 1 aliphatic carbocycles. The van der Waals surface area contributed by atoms with Gasteiger partial charge in [-0.25, -0.2) is 0 Å². The molecular formula is C14H21NO. The van der Waals surface area contributed by atoms with Crippen LogP contribution in [0.2, 0.25) is 0 Å². The molecule has 2 N–H and O–H groups in total. The van der Waals surface area contributed by atoms with Crippen molar-refractivity contribution in [2.45, 2.75) is 38.6 Å². The first kappa shape index (κ1) is 11.5. The molecule has 1 aromatic rings. The van der Waals surface area contributed by atoms with Crippen LogP contribution >= 0.6 is 0 Å². The van der Waals surface area contributed by atoms with Crippen LogP contribution in [0.1, 0.15) is 30.9 Å². The van der Waals surface area contributed by atoms with E-state index in [0.717, 1.165) is 18.6 Å². The summed E-state index contributed by atoms with van der Waals surface area (Å²) in [7, 11) is 1.75. The first-order valence-electron chi connectivity index (χ1n) is 6.16. The van der Waals surface area contributed by atoms with Gasteiger partial charge in [-0.15, -0.1) is 0 Å². The summed E-state index contributed by atoms with van der Waals surface area (Å²) >= 11 is 0. The topological polar surface area (TPSA) is 35.2 Å². The fraction of sp³-hybridized carbons (Fsp3) is 0.571. The summed E-state index contributed by atoms with van der Waals surface area (Å²) in [6, 6.07) is 6.61. The summed E-state index contributed by atoms with van der Waals surface area (Å²) < 4.78 is 5.43. The van der Waals surface area contributed by atoms with Crippen LogP contribution in [0.5, 0.6) is 5.75 Å². The van der Waals surface area contributed by atoms with Crippen LogP contribution in [0, 0.1) is 5.92 Å². The largest absolute Gasteiger partial charge is 0.496 e. The van der Waals surface area contributed by atoms with Crippen molar-refractivity contribution in [2.24, 2.45) is 11.7 Å². The van der Waals surface area contributed by atoms with E-state index in [-0.39, 0.29) is 0 Å². The van der Waals surface area contributed by atoms with Crippen LogP contribution in [0.3, 0.4) is 0 Å². The van der Waals surface area contributed by atoms with Crippen LogP contribution in [0.15, 0.2) is 18.2 Å². The Morgan fingerprint density at radius 1 is 1.38 bits per heavy atom. The van der Waals surface area contributed by atoms with E-state index in [1.165, 1.54) is 24.0 Å². The molecule has 1 aliphatic rings. The zero-order valence-corrected chi connectivity index (χ0v) is 10.2. The number of fused-ring (bicyclic) bond motifs is 1. The summed E-state index contributed by atoms with van der Waals surface area (Å²) in [6.07, 6.45) is 4.51. The van der Waals surface area contributed by atoms with Crippen molar-refractivity contribution < 1.29 is 4.74 Å². The molecule has 0 heterocycles. The third-order valence-electron chi connectivity index (χ3n) is 3.64. The van der Waals surface area contributed by atoms with Gasteiger partial charge in [0.25, 0.3) is 0 Å². The molecule has 0 amide bonds. The molecule has 0 saturated carbocycles. The third kappa shape index (κ3) is 2.07. The second kappa shape index (κ2) is 4.88. The standard InChI is InChI=1S/C14H21NO/c1-3-5-11-8-12-10(9-13(11)15)6-4-7-14(12)16-2/h4,6-7,11,13H,3,5,8-9,15H2,1-2H3. The van der Waals surface area contributed by atoms with Gasteiger partial charge < -0.3 is 10.5 Å². The molecular weight excluding hydrogens is 198 g/mol. The molecule has 2 unspecified atom stereocenters. The molecule has 2 rings (SSSR count). The minimum atomic E-state index is 0.319. The van der Waals surface area contributed by atoms with Crippen LogP contribution in [-0.4, -0.2) is 13.2 Å². The summed E-state index contributed by atoms with van der Waals surface area (Å²) in [6.45, 7) is 2.23. The highest BCUT2D eigenvalue weighted by Gasteiger charge is 2.26. The molecule has 2 nitrogen and oxygen atoms in total. The minimum absolute atomic E-state index is 0.319. The van der Waals surface area contributed by atoms with Crippen molar-refractivity contribution in [3.8, 4) is 5.75 Å². The SMILES string of the molecule is CCCC1Cc2c(cccc2OC)CC1N. The van der Waals surface area contributed by atoms with Crippen LogP contribution in [0.4, 0.5) is 0 Å². The molecule has 16 heavy (non-hydrogen) atoms. The van der Waals surface area contributed by atoms with Gasteiger partial charge in [-0.3, -0.25) is 0 Å². The summed E-state index contributed by atoms with van der Waals surface area (Å²) in [5.41, 5.74) is 8.98. The van der Waals surface area contributed by atoms with Gasteiger partial charge in [-0.05, 0) is 42.4 Å². The van der Waals surface area contributed by atoms with Crippen molar-refractivity contribution in [1.29, 1.82) is 0 Å². The highest BCUT2D eigenvalue weighted by atomic mass is 16.5. The van der Waals surface area contributed by atoms with E-state index in [4.69, 9.17) is 10.5 Å². The molecule has 0 saturated heterocycles. The molecule has 0 spiro atoms. The Hall–Kier alpha value is -1.02. The van der Waals surface area contributed by atoms with Crippen molar-refractivity contribution in [1.82, 2.24) is 0 Å². The average molecular weight is 219 g/mol. The highest BCUT2D eigenvalue weighted by molar-refractivity contribution is 5.42. The molecule has 0 aliphatic heterocycles. The van der Waals surface area contributed by atoms with Gasteiger partial charge in [0.05, 0.1) is 7.11 Å². The van der Waals surface area contributed by atoms with E-state index in [0.29, 0.717) is 12.0 Å². The minimum Gasteiger partial charge on any atom is -0.496 e. The van der Waals surface area contributed by atoms with Crippen molar-refractivity contribution >= 4 is 0 Å². The van der Waals surface area contributed by atoms with Gasteiger partial charge in [-0.1, -0.05) is 25.5 Å². The Balaban J connectivity index is 2.28. The Morgan fingerprint density at radius 2 is 2.19 bits per heavy atom. The predicted molar refractivity (Wildman–Crippen MR) is 66.8 cm³/mol. The molecule has 0 radical (unpaired) electrons. The van der Waals surface area contributed by atoms with Crippen molar-refractivity contribution in [2.75, 3.05) is 7.11 Å². The van der Waals surface area contributed by atoms with E-state index >= 15 is 0 Å². The molecule has 1 aromatic carbocycles. The Labute approximate surface area is 97.8 Å². The van der Waals surface area contributed by atoms with Gasteiger partial charge in [0.1, 0.15) is 5.75 Å². The lowest BCUT2D eigenvalue weighted by Crippen LogP contribution is -2.37. The fourth-order valence-electron chi connectivity index (χ4n) is 2.75. The van der Waals surface area contributed by atoms with Gasteiger partial charge >= 0.3 is 0 Å². The van der Waals surface area contributed by atoms with E-state index in [1.54, 1.807) is 7.11 Å². The predicted octanol–water partition coefficient (Wildman–Crippen LogP) is 2.54. The number of hydrogen-bond donors (Lipinski definition) is 1. The van der Waals surface area contributed by atoms with Gasteiger partial charge in [-0.2, -0.15) is 0 Å². The maximum Gasteiger partial charge on any atom is 0.122 e. The summed E-state index contributed by atoms with van der Waals surface area (Å²) in [5, 5.41) is 0. The average Bonchev–Trinajstić information content (AvgIpc) is 2.29. The van der Waals surface area contributed by atoms with E-state index < -0.39 is 0 Å². The Kier molecular flexibility index (Phi) is 3.49. The van der Waals surface area contributed by atoms with Crippen LogP contribution in [0.25, 0.3) is 0 Å². The summed E-state index contributed by atoms with van der Waals surface area (Å²) in [5.74, 6) is 1.65. The Morgan fingerprint density at radius 3 is 2.88 bits per heavy atom. The van der Waals surface area contributed by atoms with Crippen molar-refractivity contribution in [3.05, 3.63) is 29.3 Å². The molecule has 0 aromatic heterocycles. The van der Waals surface area contributed by atoms with Gasteiger partial charge in [0.2, 0.25) is 0 Å². The molecule has 88 valence electrons. The zero-order valence-electron chi connectivity index (χ0n) is 10.2. The first-order valence-corrected chi connectivity index (χ1v) is 6.16. The quantitative estimate of drug-likeness (QED) is 0.848. The maximum absolute atomic E-state index is 6.23. The Bertz CT molecular complexity index is 362. The zero-order chi connectivity index (χ0) is 11.5. The third-order valence-corrected chi connectivity index (χ3v) is 3.64. The van der Waals surface area contributed by atoms with Crippen LogP contribution in [-0.2, 0) is 12.8 Å². The second-order valence-electron chi connectivity index (χ2n) is 4.72. The summed E-state index contributed by atoms with van der Waals surface area (Å²) in [4.78, 5) is 0. The van der Waals surface area contributed by atoms with Gasteiger partial charge in [0, 0.05) is 6.04 Å². The van der Waals surface area contributed by atoms with Crippen LogP contribution < -0.4 is 10.5 Å². The van der Waals surface area contributed by atoms with Crippen molar-refractivity contribution in [3.63, 3.8) is 0 Å². The first-order chi connectivity index (χ1) is 7.76. The smallest absolute Gasteiger partial charge is 0.122 e. The lowest BCUT2D eigenvalue weighted by atomic mass is 9.78. The highest BCUT2D eigenvalue weighted by Crippen LogP contribution is 2.33. The number of hydrogen-bond acceptors (Lipinski definition) is 2. The number of methoxy groups -OCH3 is 1. The number of benzene rings is 1. The lowest BCUT2D eigenvalue weighted by molar-refractivity contribution is 0.349. The number of ether oxygens (including phenoxy) is 1.